The van der Waals surface area contributed by atoms with Crippen LogP contribution in [0.4, 0.5) is 8.78 Å². The number of aliphatic hydroxyl groups is 1. The molecule has 20 heavy (non-hydrogen) atoms. The Labute approximate surface area is 118 Å². The fraction of sp³-hybridized carbons (Fsp3) is 0.533. The summed E-state index contributed by atoms with van der Waals surface area (Å²) in [5.41, 5.74) is 3.50. The van der Waals surface area contributed by atoms with Crippen molar-refractivity contribution in [1.82, 2.24) is 4.90 Å². The molecular weight excluding hydrogens is 264 g/mol. The first-order valence-electron chi connectivity index (χ1n) is 6.57. The first-order valence-corrected chi connectivity index (χ1v) is 6.57. The molecule has 0 aliphatic rings. The van der Waals surface area contributed by atoms with Crippen molar-refractivity contribution >= 4 is 5.78 Å². The Hall–Kier alpha value is -1.33. The van der Waals surface area contributed by atoms with Gasteiger partial charge < -0.3 is 5.11 Å². The van der Waals surface area contributed by atoms with Gasteiger partial charge in [-0.25, -0.2) is 8.78 Å². The van der Waals surface area contributed by atoms with Crippen LogP contribution < -0.4 is 0 Å². The Morgan fingerprint density at radius 3 is 2.35 bits per heavy atom. The fourth-order valence-electron chi connectivity index (χ4n) is 2.12. The number of ketones is 1. The molecule has 0 radical (unpaired) electrons. The number of benzene rings is 1. The second-order valence-electron chi connectivity index (χ2n) is 5.02. The highest BCUT2D eigenvalue weighted by Crippen LogP contribution is 2.16. The summed E-state index contributed by atoms with van der Waals surface area (Å²) in [5, 5.41) is 8.87. The molecule has 1 aromatic carbocycles. The molecule has 0 spiro atoms. The van der Waals surface area contributed by atoms with Crippen LogP contribution in [0.25, 0.3) is 0 Å². The molecule has 0 atom stereocenters. The molecule has 0 aliphatic heterocycles. The molecule has 0 aromatic heterocycles. The fourth-order valence-corrected chi connectivity index (χ4v) is 2.12. The maximum absolute atomic E-state index is 12.4. The lowest BCUT2D eigenvalue weighted by Crippen LogP contribution is -2.36. The van der Waals surface area contributed by atoms with Crippen molar-refractivity contribution in [2.45, 2.75) is 27.2 Å². The topological polar surface area (TPSA) is 40.5 Å². The number of carbonyl (C=O) groups excluding carboxylic acids is 1. The molecule has 0 saturated heterocycles. The van der Waals surface area contributed by atoms with Crippen molar-refractivity contribution in [1.29, 1.82) is 0 Å². The van der Waals surface area contributed by atoms with Crippen molar-refractivity contribution < 1.29 is 18.7 Å². The third kappa shape index (κ3) is 4.65. The van der Waals surface area contributed by atoms with E-state index >= 15 is 0 Å². The normalized spacial score (nSPS) is 11.4. The third-order valence-corrected chi connectivity index (χ3v) is 3.32. The van der Waals surface area contributed by atoms with E-state index in [2.05, 4.69) is 0 Å². The summed E-state index contributed by atoms with van der Waals surface area (Å²) >= 11 is 0. The van der Waals surface area contributed by atoms with Gasteiger partial charge in [-0.1, -0.05) is 6.07 Å². The number of Topliss-reactive ketones (excluding diaryl/α,β-unsaturated/α-hetero) is 1. The number of alkyl halides is 2. The number of carbonyl (C=O) groups is 1. The highest BCUT2D eigenvalue weighted by molar-refractivity contribution is 5.99. The van der Waals surface area contributed by atoms with Gasteiger partial charge in [-0.15, -0.1) is 0 Å². The third-order valence-electron chi connectivity index (χ3n) is 3.32. The quantitative estimate of drug-likeness (QED) is 0.782. The van der Waals surface area contributed by atoms with Crippen molar-refractivity contribution in [3.63, 3.8) is 0 Å². The molecule has 0 amide bonds. The van der Waals surface area contributed by atoms with Gasteiger partial charge in [-0.3, -0.25) is 9.69 Å². The van der Waals surface area contributed by atoms with E-state index in [9.17, 15) is 13.6 Å². The first-order chi connectivity index (χ1) is 9.35. The van der Waals surface area contributed by atoms with Gasteiger partial charge in [0.05, 0.1) is 19.7 Å². The predicted octanol–water partition coefficient (Wildman–Crippen LogP) is 2.35. The highest BCUT2D eigenvalue weighted by atomic mass is 19.3. The molecule has 0 saturated carbocycles. The zero-order valence-corrected chi connectivity index (χ0v) is 12.1. The standard InChI is InChI=1S/C15H21F2NO2/c1-10-6-12(3)13(7-11(10)2)14(20)8-18(4-5-19)9-15(16)17/h6-7,15,19H,4-5,8-9H2,1-3H3. The number of hydrogen-bond acceptors (Lipinski definition) is 3. The summed E-state index contributed by atoms with van der Waals surface area (Å²) in [6.45, 7) is 4.93. The summed E-state index contributed by atoms with van der Waals surface area (Å²) < 4.78 is 24.8. The summed E-state index contributed by atoms with van der Waals surface area (Å²) in [4.78, 5) is 13.5. The van der Waals surface area contributed by atoms with Crippen molar-refractivity contribution in [3.05, 3.63) is 34.4 Å². The minimum atomic E-state index is -2.52. The molecule has 1 rings (SSSR count). The predicted molar refractivity (Wildman–Crippen MR) is 74.5 cm³/mol. The molecule has 0 bridgehead atoms. The molecule has 0 fully saturated rings. The molecule has 0 unspecified atom stereocenters. The van der Waals surface area contributed by atoms with E-state index in [4.69, 9.17) is 5.11 Å². The summed E-state index contributed by atoms with van der Waals surface area (Å²) in [5.74, 6) is -0.195. The van der Waals surface area contributed by atoms with E-state index in [0.29, 0.717) is 5.56 Å². The van der Waals surface area contributed by atoms with Gasteiger partial charge in [0.1, 0.15) is 0 Å². The van der Waals surface area contributed by atoms with Crippen molar-refractivity contribution in [3.8, 4) is 0 Å². The van der Waals surface area contributed by atoms with Gasteiger partial charge in [-0.05, 0) is 43.5 Å². The monoisotopic (exact) mass is 285 g/mol. The Kier molecular flexibility index (Phi) is 6.23. The minimum Gasteiger partial charge on any atom is -0.395 e. The Balaban J connectivity index is 2.86. The second-order valence-corrected chi connectivity index (χ2v) is 5.02. The Morgan fingerprint density at radius 2 is 1.80 bits per heavy atom. The lowest BCUT2D eigenvalue weighted by molar-refractivity contribution is 0.0688. The van der Waals surface area contributed by atoms with Crippen LogP contribution in [0.15, 0.2) is 12.1 Å². The van der Waals surface area contributed by atoms with E-state index in [0.717, 1.165) is 16.7 Å². The van der Waals surface area contributed by atoms with E-state index < -0.39 is 13.0 Å². The lowest BCUT2D eigenvalue weighted by atomic mass is 9.98. The molecule has 5 heteroatoms. The van der Waals surface area contributed by atoms with Crippen LogP contribution in [0.2, 0.25) is 0 Å². The van der Waals surface area contributed by atoms with Gasteiger partial charge >= 0.3 is 0 Å². The molecule has 0 aliphatic carbocycles. The summed E-state index contributed by atoms with van der Waals surface area (Å²) in [6.07, 6.45) is -2.52. The van der Waals surface area contributed by atoms with Gasteiger partial charge in [-0.2, -0.15) is 0 Å². The van der Waals surface area contributed by atoms with E-state index in [1.807, 2.05) is 26.8 Å². The van der Waals surface area contributed by atoms with E-state index in [1.165, 1.54) is 4.90 Å². The van der Waals surface area contributed by atoms with Gasteiger partial charge in [0.15, 0.2) is 5.78 Å². The van der Waals surface area contributed by atoms with Crippen LogP contribution in [0, 0.1) is 20.8 Å². The summed E-state index contributed by atoms with van der Waals surface area (Å²) in [6, 6.07) is 3.72. The maximum Gasteiger partial charge on any atom is 0.251 e. The lowest BCUT2D eigenvalue weighted by Gasteiger charge is -2.20. The van der Waals surface area contributed by atoms with Crippen LogP contribution in [0.1, 0.15) is 27.0 Å². The van der Waals surface area contributed by atoms with Crippen LogP contribution in [0.3, 0.4) is 0 Å². The average molecular weight is 285 g/mol. The Bertz CT molecular complexity index is 475. The molecular formula is C15H21F2NO2. The SMILES string of the molecule is Cc1cc(C)c(C(=O)CN(CCO)CC(F)F)cc1C. The maximum atomic E-state index is 12.4. The van der Waals surface area contributed by atoms with Crippen molar-refractivity contribution in [2.24, 2.45) is 0 Å². The minimum absolute atomic E-state index is 0.0694. The van der Waals surface area contributed by atoms with Crippen LogP contribution >= 0.6 is 0 Å². The van der Waals surface area contributed by atoms with Gasteiger partial charge in [0.25, 0.3) is 6.43 Å². The molecule has 3 nitrogen and oxygen atoms in total. The van der Waals surface area contributed by atoms with Gasteiger partial charge in [0.2, 0.25) is 0 Å². The largest absolute Gasteiger partial charge is 0.395 e. The number of aryl methyl sites for hydroxylation is 3. The average Bonchev–Trinajstić information content (AvgIpc) is 2.33. The molecule has 1 N–H and O–H groups in total. The molecule has 0 heterocycles. The smallest absolute Gasteiger partial charge is 0.251 e. The summed E-state index contributed by atoms with van der Waals surface area (Å²) in [7, 11) is 0. The second kappa shape index (κ2) is 7.45. The van der Waals surface area contributed by atoms with Crippen LogP contribution in [0.5, 0.6) is 0 Å². The first kappa shape index (κ1) is 16.7. The molecule has 112 valence electrons. The van der Waals surface area contributed by atoms with Crippen molar-refractivity contribution in [2.75, 3.05) is 26.2 Å². The number of aliphatic hydroxyl groups excluding tert-OH is 1. The number of hydrogen-bond donors (Lipinski definition) is 1. The van der Waals surface area contributed by atoms with Crippen LogP contribution in [-0.4, -0.2) is 48.5 Å². The highest BCUT2D eigenvalue weighted by Gasteiger charge is 2.18. The zero-order chi connectivity index (χ0) is 15.3. The number of rotatable bonds is 7. The number of halogens is 2. The van der Waals surface area contributed by atoms with Crippen LogP contribution in [-0.2, 0) is 0 Å². The van der Waals surface area contributed by atoms with E-state index in [-0.39, 0.29) is 25.5 Å². The Morgan fingerprint density at radius 1 is 1.20 bits per heavy atom. The molecule has 1 aromatic rings. The van der Waals surface area contributed by atoms with Gasteiger partial charge in [0, 0.05) is 12.1 Å². The van der Waals surface area contributed by atoms with E-state index in [1.54, 1.807) is 6.07 Å². The zero-order valence-electron chi connectivity index (χ0n) is 12.1. The number of nitrogens with zero attached hydrogens (tertiary/aromatic N) is 1.